The van der Waals surface area contributed by atoms with E-state index in [1.807, 2.05) is 0 Å². The van der Waals surface area contributed by atoms with Gasteiger partial charge in [-0.05, 0) is 25.1 Å². The van der Waals surface area contributed by atoms with E-state index in [1.54, 1.807) is 6.92 Å². The van der Waals surface area contributed by atoms with Crippen molar-refractivity contribution in [3.05, 3.63) is 28.8 Å². The number of ether oxygens (including phenoxy) is 1. The molecule has 0 unspecified atom stereocenters. The zero-order valence-corrected chi connectivity index (χ0v) is 12.1. The predicted molar refractivity (Wildman–Crippen MR) is 71.6 cm³/mol. The molecule has 1 rings (SSSR count). The van der Waals surface area contributed by atoms with E-state index >= 15 is 0 Å². The number of benzene rings is 1. The minimum absolute atomic E-state index is 0.0179. The summed E-state index contributed by atoms with van der Waals surface area (Å²) in [6.45, 7) is 1.77. The largest absolute Gasteiger partial charge is 0.465 e. The molecule has 1 aromatic rings. The Balaban J connectivity index is 3.22. The molecule has 3 N–H and O–H groups in total. The number of sulfonamides is 1. The van der Waals surface area contributed by atoms with Crippen molar-refractivity contribution in [1.82, 2.24) is 4.72 Å². The maximum atomic E-state index is 12.1. The van der Waals surface area contributed by atoms with Crippen LogP contribution in [0.1, 0.15) is 17.3 Å². The Labute approximate surface area is 116 Å². The van der Waals surface area contributed by atoms with Crippen LogP contribution in [0, 0.1) is 0 Å². The van der Waals surface area contributed by atoms with Gasteiger partial charge >= 0.3 is 5.97 Å². The number of carbonyl (C=O) groups excluding carboxylic acids is 1. The second-order valence-electron chi connectivity index (χ2n) is 3.89. The zero-order chi connectivity index (χ0) is 14.6. The number of hydrogen-bond acceptors (Lipinski definition) is 5. The Hall–Kier alpha value is -1.15. The predicted octanol–water partition coefficient (Wildman–Crippen LogP) is 0.752. The number of hydrogen-bond donors (Lipinski definition) is 2. The summed E-state index contributed by atoms with van der Waals surface area (Å²) in [5.41, 5.74) is 5.47. The van der Waals surface area contributed by atoms with Crippen molar-refractivity contribution in [2.24, 2.45) is 5.73 Å². The van der Waals surface area contributed by atoms with Crippen molar-refractivity contribution >= 4 is 27.6 Å². The molecule has 0 heterocycles. The summed E-state index contributed by atoms with van der Waals surface area (Å²) >= 11 is 5.85. The van der Waals surface area contributed by atoms with Crippen LogP contribution in [0.2, 0.25) is 5.02 Å². The molecule has 8 heteroatoms. The summed E-state index contributed by atoms with van der Waals surface area (Å²) < 4.78 is 31.1. The van der Waals surface area contributed by atoms with Gasteiger partial charge < -0.3 is 10.5 Å². The molecule has 0 aromatic heterocycles. The van der Waals surface area contributed by atoms with Crippen LogP contribution >= 0.6 is 11.6 Å². The molecule has 1 atom stereocenters. The average Bonchev–Trinajstić information content (AvgIpc) is 2.37. The van der Waals surface area contributed by atoms with E-state index in [1.165, 1.54) is 25.3 Å². The van der Waals surface area contributed by atoms with Crippen molar-refractivity contribution < 1.29 is 17.9 Å². The van der Waals surface area contributed by atoms with Gasteiger partial charge in [-0.3, -0.25) is 0 Å². The first-order valence-electron chi connectivity index (χ1n) is 5.42. The highest BCUT2D eigenvalue weighted by Crippen LogP contribution is 2.23. The first-order valence-corrected chi connectivity index (χ1v) is 7.28. The van der Waals surface area contributed by atoms with E-state index in [0.717, 1.165) is 0 Å². The highest BCUT2D eigenvalue weighted by molar-refractivity contribution is 7.89. The van der Waals surface area contributed by atoms with Gasteiger partial charge in [0.1, 0.15) is 4.90 Å². The van der Waals surface area contributed by atoms with Crippen molar-refractivity contribution in [1.29, 1.82) is 0 Å². The van der Waals surface area contributed by atoms with Crippen molar-refractivity contribution in [2.75, 3.05) is 13.7 Å². The monoisotopic (exact) mass is 306 g/mol. The first kappa shape index (κ1) is 15.9. The topological polar surface area (TPSA) is 98.5 Å². The van der Waals surface area contributed by atoms with E-state index in [2.05, 4.69) is 9.46 Å². The molecule has 1 aromatic carbocycles. The van der Waals surface area contributed by atoms with Gasteiger partial charge in [-0.25, -0.2) is 17.9 Å². The molecule has 19 heavy (non-hydrogen) atoms. The quantitative estimate of drug-likeness (QED) is 0.782. The SMILES string of the molecule is COC(=O)c1ccc(Cl)c(S(=O)(=O)N[C@H](C)CN)c1. The van der Waals surface area contributed by atoms with Gasteiger partial charge in [-0.1, -0.05) is 11.6 Å². The lowest BCUT2D eigenvalue weighted by Gasteiger charge is -2.13. The molecule has 0 saturated heterocycles. The van der Waals surface area contributed by atoms with E-state index < -0.39 is 22.0 Å². The van der Waals surface area contributed by atoms with Gasteiger partial charge in [0.25, 0.3) is 0 Å². The Bertz CT molecular complexity index is 574. The van der Waals surface area contributed by atoms with E-state index in [4.69, 9.17) is 17.3 Å². The van der Waals surface area contributed by atoms with E-state index in [-0.39, 0.29) is 22.0 Å². The molecule has 0 aliphatic heterocycles. The number of nitrogens with one attached hydrogen (secondary N) is 1. The Kier molecular flexibility index (Phi) is 5.30. The number of carbonyl (C=O) groups is 1. The van der Waals surface area contributed by atoms with Crippen LogP contribution in [0.5, 0.6) is 0 Å². The lowest BCUT2D eigenvalue weighted by atomic mass is 10.2. The fraction of sp³-hybridized carbons (Fsp3) is 0.364. The molecule has 0 saturated carbocycles. The number of halogens is 1. The normalized spacial score (nSPS) is 13.1. The molecular formula is C11H15ClN2O4S. The van der Waals surface area contributed by atoms with Crippen LogP contribution in [0.15, 0.2) is 23.1 Å². The van der Waals surface area contributed by atoms with Crippen LogP contribution < -0.4 is 10.5 Å². The second kappa shape index (κ2) is 6.33. The third-order valence-electron chi connectivity index (χ3n) is 2.35. The molecule has 0 aliphatic carbocycles. The maximum Gasteiger partial charge on any atom is 0.337 e. The van der Waals surface area contributed by atoms with Crippen LogP contribution in [0.4, 0.5) is 0 Å². The second-order valence-corrected chi connectivity index (χ2v) is 5.98. The summed E-state index contributed by atoms with van der Waals surface area (Å²) in [6.07, 6.45) is 0. The fourth-order valence-corrected chi connectivity index (χ4v) is 3.11. The summed E-state index contributed by atoms with van der Waals surface area (Å²) in [7, 11) is -2.63. The highest BCUT2D eigenvalue weighted by Gasteiger charge is 2.21. The van der Waals surface area contributed by atoms with Crippen LogP contribution in [0.3, 0.4) is 0 Å². The molecule has 0 bridgehead atoms. The van der Waals surface area contributed by atoms with E-state index in [9.17, 15) is 13.2 Å². The van der Waals surface area contributed by atoms with Crippen molar-refractivity contribution in [3.8, 4) is 0 Å². The third-order valence-corrected chi connectivity index (χ3v) is 4.42. The summed E-state index contributed by atoms with van der Waals surface area (Å²) in [4.78, 5) is 11.2. The van der Waals surface area contributed by atoms with Gasteiger partial charge in [-0.2, -0.15) is 0 Å². The molecule has 0 spiro atoms. The summed E-state index contributed by atoms with van der Waals surface area (Å²) in [5, 5.41) is 0.0179. The Morgan fingerprint density at radius 3 is 2.68 bits per heavy atom. The lowest BCUT2D eigenvalue weighted by molar-refractivity contribution is 0.0600. The smallest absolute Gasteiger partial charge is 0.337 e. The van der Waals surface area contributed by atoms with Crippen LogP contribution in [-0.4, -0.2) is 34.1 Å². The van der Waals surface area contributed by atoms with E-state index in [0.29, 0.717) is 0 Å². The number of nitrogens with two attached hydrogens (primary N) is 1. The Morgan fingerprint density at radius 2 is 2.16 bits per heavy atom. The lowest BCUT2D eigenvalue weighted by Crippen LogP contribution is -2.37. The highest BCUT2D eigenvalue weighted by atomic mass is 35.5. The molecule has 0 radical (unpaired) electrons. The first-order chi connectivity index (χ1) is 8.81. The average molecular weight is 307 g/mol. The molecular weight excluding hydrogens is 292 g/mol. The zero-order valence-electron chi connectivity index (χ0n) is 10.5. The van der Waals surface area contributed by atoms with Crippen molar-refractivity contribution in [3.63, 3.8) is 0 Å². The molecule has 106 valence electrons. The van der Waals surface area contributed by atoms with Gasteiger partial charge in [-0.15, -0.1) is 0 Å². The van der Waals surface area contributed by atoms with Gasteiger partial charge in [0.15, 0.2) is 0 Å². The van der Waals surface area contributed by atoms with Crippen LogP contribution in [-0.2, 0) is 14.8 Å². The van der Waals surface area contributed by atoms with Crippen molar-refractivity contribution in [2.45, 2.75) is 17.9 Å². The minimum atomic E-state index is -3.84. The molecule has 6 nitrogen and oxygen atoms in total. The van der Waals surface area contributed by atoms with Gasteiger partial charge in [0, 0.05) is 12.6 Å². The standard InChI is InChI=1S/C11H15ClN2O4S/c1-7(6-13)14-19(16,17)10-5-8(11(15)18-2)3-4-9(10)12/h3-5,7,14H,6,13H2,1-2H3/t7-/m1/s1. The fourth-order valence-electron chi connectivity index (χ4n) is 1.33. The third kappa shape index (κ3) is 3.90. The van der Waals surface area contributed by atoms with Gasteiger partial charge in [0.2, 0.25) is 10.0 Å². The number of methoxy groups -OCH3 is 1. The molecule has 0 amide bonds. The van der Waals surface area contributed by atoms with Crippen LogP contribution in [0.25, 0.3) is 0 Å². The number of esters is 1. The van der Waals surface area contributed by atoms with Gasteiger partial charge in [0.05, 0.1) is 17.7 Å². The summed E-state index contributed by atoms with van der Waals surface area (Å²) in [6, 6.07) is 3.44. The maximum absolute atomic E-state index is 12.1. The minimum Gasteiger partial charge on any atom is -0.465 e. The molecule has 0 fully saturated rings. The summed E-state index contributed by atoms with van der Waals surface area (Å²) in [5.74, 6) is -0.639. The number of rotatable bonds is 5. The Morgan fingerprint density at radius 1 is 1.53 bits per heavy atom. The molecule has 0 aliphatic rings.